The number of carbonyl (C=O) groups excluding carboxylic acids is 2. The number of fused-ring (bicyclic) bond motifs is 1. The molecule has 1 saturated carbocycles. The Morgan fingerprint density at radius 1 is 1.03 bits per heavy atom. The van der Waals surface area contributed by atoms with Crippen molar-refractivity contribution in [2.24, 2.45) is 11.8 Å². The maximum Gasteiger partial charge on any atom is 0.241 e. The normalized spacial score (nSPS) is 26.3. The molecule has 4 heterocycles. The van der Waals surface area contributed by atoms with E-state index in [1.807, 2.05) is 17.5 Å². The van der Waals surface area contributed by atoms with Crippen LogP contribution in [0.25, 0.3) is 10.7 Å². The summed E-state index contributed by atoms with van der Waals surface area (Å²) < 4.78 is 5.40. The van der Waals surface area contributed by atoms with E-state index < -0.39 is 0 Å². The van der Waals surface area contributed by atoms with E-state index in [9.17, 15) is 9.59 Å². The Morgan fingerprint density at radius 2 is 1.72 bits per heavy atom. The predicted octanol–water partition coefficient (Wildman–Crippen LogP) is 2.05. The van der Waals surface area contributed by atoms with Crippen molar-refractivity contribution in [3.63, 3.8) is 0 Å². The molecule has 154 valence electrons. The van der Waals surface area contributed by atoms with Gasteiger partial charge in [0.25, 0.3) is 0 Å². The van der Waals surface area contributed by atoms with E-state index >= 15 is 0 Å². The van der Waals surface area contributed by atoms with Crippen LogP contribution in [-0.2, 0) is 16.1 Å². The van der Waals surface area contributed by atoms with Crippen LogP contribution in [-0.4, -0.2) is 69.5 Å². The fourth-order valence-electron chi connectivity index (χ4n) is 4.68. The molecule has 0 radical (unpaired) electrons. The molecule has 0 spiro atoms. The fourth-order valence-corrected chi connectivity index (χ4v) is 5.32. The Bertz CT molecular complexity index is 851. The van der Waals surface area contributed by atoms with Gasteiger partial charge in [0, 0.05) is 26.2 Å². The van der Waals surface area contributed by atoms with Crippen molar-refractivity contribution in [3.8, 4) is 10.7 Å². The van der Waals surface area contributed by atoms with E-state index in [4.69, 9.17) is 4.52 Å². The molecule has 9 heteroatoms. The lowest BCUT2D eigenvalue weighted by molar-refractivity contribution is -0.142. The first-order chi connectivity index (χ1) is 14.2. The number of nitrogens with zero attached hydrogens (tertiary/aromatic N) is 5. The maximum atomic E-state index is 12.7. The third kappa shape index (κ3) is 3.74. The van der Waals surface area contributed by atoms with Gasteiger partial charge in [-0.2, -0.15) is 4.98 Å². The number of hydrogen-bond acceptors (Lipinski definition) is 8. The highest BCUT2D eigenvalue weighted by molar-refractivity contribution is 7.13. The van der Waals surface area contributed by atoms with Crippen LogP contribution in [0.3, 0.4) is 0 Å². The van der Waals surface area contributed by atoms with E-state index in [-0.39, 0.29) is 23.7 Å². The smallest absolute Gasteiger partial charge is 0.241 e. The lowest BCUT2D eigenvalue weighted by atomic mass is 9.81. The largest absolute Gasteiger partial charge is 0.338 e. The molecule has 2 aromatic rings. The Morgan fingerprint density at radius 3 is 2.38 bits per heavy atom. The number of piperazine rings is 1. The zero-order chi connectivity index (χ0) is 19.8. The van der Waals surface area contributed by atoms with Crippen molar-refractivity contribution in [2.75, 3.05) is 32.8 Å². The summed E-state index contributed by atoms with van der Waals surface area (Å²) in [4.78, 5) is 36.8. The van der Waals surface area contributed by atoms with Gasteiger partial charge >= 0.3 is 0 Å². The highest BCUT2D eigenvalue weighted by atomic mass is 32.1. The van der Waals surface area contributed by atoms with Crippen LogP contribution in [0.15, 0.2) is 22.0 Å². The van der Waals surface area contributed by atoms with E-state index in [0.29, 0.717) is 24.9 Å². The summed E-state index contributed by atoms with van der Waals surface area (Å²) in [5, 5.41) is 6.06. The van der Waals surface area contributed by atoms with Crippen LogP contribution in [0.4, 0.5) is 0 Å². The number of amides is 2. The van der Waals surface area contributed by atoms with Gasteiger partial charge in [0.05, 0.1) is 29.9 Å². The fraction of sp³-hybridized carbons (Fsp3) is 0.600. The molecule has 3 aliphatic rings. The topological polar surface area (TPSA) is 82.8 Å². The van der Waals surface area contributed by atoms with Crippen LogP contribution in [0.1, 0.15) is 31.6 Å². The first kappa shape index (κ1) is 18.9. The van der Waals surface area contributed by atoms with Crippen molar-refractivity contribution in [3.05, 3.63) is 23.4 Å². The second-order valence-electron chi connectivity index (χ2n) is 8.13. The molecule has 5 rings (SSSR count). The molecular weight excluding hydrogens is 390 g/mol. The summed E-state index contributed by atoms with van der Waals surface area (Å²) in [5.41, 5.74) is 0. The van der Waals surface area contributed by atoms with Crippen LogP contribution in [0.5, 0.6) is 0 Å². The minimum atomic E-state index is -0.0624. The third-order valence-corrected chi connectivity index (χ3v) is 7.17. The van der Waals surface area contributed by atoms with Gasteiger partial charge in [0.15, 0.2) is 0 Å². The Hall–Kier alpha value is -2.10. The quantitative estimate of drug-likeness (QED) is 0.691. The minimum absolute atomic E-state index is 0.0501. The molecule has 0 aromatic carbocycles. The monoisotopic (exact) mass is 415 g/mol. The second kappa shape index (κ2) is 7.97. The maximum absolute atomic E-state index is 12.7. The van der Waals surface area contributed by atoms with E-state index in [1.165, 1.54) is 4.90 Å². The number of thiophene rings is 1. The molecule has 2 aliphatic heterocycles. The van der Waals surface area contributed by atoms with E-state index in [0.717, 1.165) is 56.7 Å². The van der Waals surface area contributed by atoms with Gasteiger partial charge in [-0.15, -0.1) is 11.3 Å². The first-order valence-corrected chi connectivity index (χ1v) is 11.2. The Labute approximate surface area is 173 Å². The van der Waals surface area contributed by atoms with Crippen LogP contribution in [0, 0.1) is 11.8 Å². The summed E-state index contributed by atoms with van der Waals surface area (Å²) in [7, 11) is 0. The van der Waals surface area contributed by atoms with Gasteiger partial charge in [-0.05, 0) is 24.3 Å². The van der Waals surface area contributed by atoms with E-state index in [1.54, 1.807) is 11.3 Å². The highest BCUT2D eigenvalue weighted by Gasteiger charge is 2.48. The van der Waals surface area contributed by atoms with Crippen molar-refractivity contribution in [2.45, 2.75) is 32.2 Å². The van der Waals surface area contributed by atoms with Gasteiger partial charge in [0.2, 0.25) is 23.5 Å². The third-order valence-electron chi connectivity index (χ3n) is 6.31. The lowest BCUT2D eigenvalue weighted by Crippen LogP contribution is -2.51. The minimum Gasteiger partial charge on any atom is -0.338 e. The zero-order valence-corrected chi connectivity index (χ0v) is 17.1. The number of rotatable bonds is 5. The number of carbonyl (C=O) groups is 2. The summed E-state index contributed by atoms with van der Waals surface area (Å²) in [6, 6.07) is 3.95. The van der Waals surface area contributed by atoms with Crippen LogP contribution >= 0.6 is 11.3 Å². The van der Waals surface area contributed by atoms with Gasteiger partial charge in [-0.25, -0.2) is 0 Å². The van der Waals surface area contributed by atoms with E-state index in [2.05, 4.69) is 19.9 Å². The molecule has 2 saturated heterocycles. The number of likely N-dealkylation sites (tertiary alicyclic amines) is 1. The molecule has 2 aromatic heterocycles. The zero-order valence-electron chi connectivity index (χ0n) is 16.3. The van der Waals surface area contributed by atoms with Crippen LogP contribution < -0.4 is 0 Å². The molecular formula is C20H25N5O3S. The summed E-state index contributed by atoms with van der Waals surface area (Å²) in [5.74, 6) is 1.24. The lowest BCUT2D eigenvalue weighted by Gasteiger charge is -2.35. The van der Waals surface area contributed by atoms with Crippen LogP contribution in [0.2, 0.25) is 0 Å². The Kier molecular flexibility index (Phi) is 5.19. The average molecular weight is 416 g/mol. The Balaban J connectivity index is 1.13. The molecule has 0 N–H and O–H groups in total. The second-order valence-corrected chi connectivity index (χ2v) is 9.07. The molecule has 29 heavy (non-hydrogen) atoms. The number of aromatic nitrogens is 2. The SMILES string of the molecule is O=C1[C@H]2CCCC[C@H]2C(=O)N1CN1CCN(Cc2nc(-c3cccs3)no2)CC1. The summed E-state index contributed by atoms with van der Waals surface area (Å²) >= 11 is 1.59. The highest BCUT2D eigenvalue weighted by Crippen LogP contribution is 2.38. The molecule has 8 nitrogen and oxygen atoms in total. The molecule has 2 atom stereocenters. The van der Waals surface area contributed by atoms with Crippen molar-refractivity contribution in [1.29, 1.82) is 0 Å². The van der Waals surface area contributed by atoms with Gasteiger partial charge in [-0.1, -0.05) is 24.1 Å². The average Bonchev–Trinajstić information content (AvgIpc) is 3.48. The first-order valence-electron chi connectivity index (χ1n) is 10.4. The van der Waals surface area contributed by atoms with Crippen molar-refractivity contribution in [1.82, 2.24) is 24.8 Å². The molecule has 0 unspecified atom stereocenters. The van der Waals surface area contributed by atoms with Gasteiger partial charge in [-0.3, -0.25) is 24.3 Å². The van der Waals surface area contributed by atoms with Crippen molar-refractivity contribution < 1.29 is 14.1 Å². The molecule has 2 amide bonds. The van der Waals surface area contributed by atoms with Gasteiger partial charge < -0.3 is 4.52 Å². The standard InChI is InChI=1S/C20H25N5O3S/c26-19-14-4-1-2-5-15(14)20(27)25(19)13-24-9-7-23(8-10-24)12-17-21-18(22-28-17)16-6-3-11-29-16/h3,6,11,14-15H,1-2,4-5,7-10,12-13H2/t14-,15+. The van der Waals surface area contributed by atoms with Crippen molar-refractivity contribution >= 4 is 23.2 Å². The summed E-state index contributed by atoms with van der Waals surface area (Å²) in [6.07, 6.45) is 3.88. The number of imide groups is 1. The predicted molar refractivity (Wildman–Crippen MR) is 107 cm³/mol. The van der Waals surface area contributed by atoms with Gasteiger partial charge in [0.1, 0.15) is 0 Å². The molecule has 0 bridgehead atoms. The molecule has 3 fully saturated rings. The summed E-state index contributed by atoms with van der Waals surface area (Å²) in [6.45, 7) is 4.38. The molecule has 1 aliphatic carbocycles. The number of hydrogen-bond donors (Lipinski definition) is 0.